The minimum atomic E-state index is -0.295. The molecule has 0 unspecified atom stereocenters. The second-order valence-electron chi connectivity index (χ2n) is 7.26. The number of fused-ring (bicyclic) bond motifs is 1. The third kappa shape index (κ3) is 4.06. The number of primary amides is 1. The van der Waals surface area contributed by atoms with Gasteiger partial charge in [0.2, 0.25) is 5.91 Å². The number of carbonyl (C=O) groups excluding carboxylic acids is 2. The van der Waals surface area contributed by atoms with Crippen molar-refractivity contribution in [2.75, 3.05) is 19.7 Å². The third-order valence-electron chi connectivity index (χ3n) is 5.07. The van der Waals surface area contributed by atoms with Crippen molar-refractivity contribution in [2.45, 2.75) is 45.6 Å². The maximum Gasteiger partial charge on any atom is 0.317 e. The molecule has 2 heterocycles. The Hall–Kier alpha value is -2.24. The van der Waals surface area contributed by atoms with Crippen molar-refractivity contribution in [1.82, 2.24) is 10.2 Å². The van der Waals surface area contributed by atoms with Crippen LogP contribution in [0.15, 0.2) is 12.1 Å². The SMILES string of the molecule is Cc1cc(C)c2c(c1)[C@@H](NC(=O)N1CCC[C@@H](CC(N)=O)C1)CCO2. The zero-order chi connectivity index (χ0) is 18.0. The molecule has 1 aromatic rings. The highest BCUT2D eigenvalue weighted by Crippen LogP contribution is 2.36. The first-order chi connectivity index (χ1) is 11.9. The molecule has 2 atom stereocenters. The van der Waals surface area contributed by atoms with E-state index >= 15 is 0 Å². The summed E-state index contributed by atoms with van der Waals surface area (Å²) in [5, 5.41) is 3.16. The number of benzene rings is 1. The van der Waals surface area contributed by atoms with Gasteiger partial charge in [-0.05, 0) is 38.2 Å². The van der Waals surface area contributed by atoms with E-state index in [9.17, 15) is 9.59 Å². The van der Waals surface area contributed by atoms with Crippen molar-refractivity contribution in [3.8, 4) is 5.75 Å². The van der Waals surface area contributed by atoms with Crippen molar-refractivity contribution in [2.24, 2.45) is 11.7 Å². The predicted molar refractivity (Wildman–Crippen MR) is 95.4 cm³/mol. The van der Waals surface area contributed by atoms with Crippen LogP contribution >= 0.6 is 0 Å². The topological polar surface area (TPSA) is 84.7 Å². The molecule has 136 valence electrons. The highest BCUT2D eigenvalue weighted by Gasteiger charge is 2.29. The maximum atomic E-state index is 12.7. The van der Waals surface area contributed by atoms with E-state index in [2.05, 4.69) is 24.4 Å². The van der Waals surface area contributed by atoms with Crippen LogP contribution in [-0.2, 0) is 4.79 Å². The summed E-state index contributed by atoms with van der Waals surface area (Å²) in [7, 11) is 0. The van der Waals surface area contributed by atoms with Crippen molar-refractivity contribution < 1.29 is 14.3 Å². The smallest absolute Gasteiger partial charge is 0.317 e. The van der Waals surface area contributed by atoms with E-state index in [4.69, 9.17) is 10.5 Å². The number of hydrogen-bond acceptors (Lipinski definition) is 3. The fraction of sp³-hybridized carbons (Fsp3) is 0.579. The van der Waals surface area contributed by atoms with Crippen LogP contribution < -0.4 is 15.8 Å². The molecule has 0 aromatic heterocycles. The summed E-state index contributed by atoms with van der Waals surface area (Å²) >= 11 is 0. The molecule has 1 fully saturated rings. The molecule has 0 spiro atoms. The highest BCUT2D eigenvalue weighted by molar-refractivity contribution is 5.76. The van der Waals surface area contributed by atoms with E-state index in [-0.39, 0.29) is 23.9 Å². The molecule has 6 nitrogen and oxygen atoms in total. The summed E-state index contributed by atoms with van der Waals surface area (Å²) in [5.41, 5.74) is 8.63. The quantitative estimate of drug-likeness (QED) is 0.882. The lowest BCUT2D eigenvalue weighted by atomic mass is 9.94. The first kappa shape index (κ1) is 17.6. The van der Waals surface area contributed by atoms with Crippen LogP contribution in [0.3, 0.4) is 0 Å². The van der Waals surface area contributed by atoms with Crippen molar-refractivity contribution in [1.29, 1.82) is 0 Å². The molecular weight excluding hydrogens is 318 g/mol. The van der Waals surface area contributed by atoms with Gasteiger partial charge in [-0.3, -0.25) is 4.79 Å². The molecule has 2 aliphatic rings. The summed E-state index contributed by atoms with van der Waals surface area (Å²) < 4.78 is 5.81. The van der Waals surface area contributed by atoms with Gasteiger partial charge in [-0.1, -0.05) is 17.7 Å². The predicted octanol–water partition coefficient (Wildman–Crippen LogP) is 2.42. The van der Waals surface area contributed by atoms with E-state index in [1.54, 1.807) is 0 Å². The van der Waals surface area contributed by atoms with Crippen LogP contribution in [0, 0.1) is 19.8 Å². The molecule has 3 N–H and O–H groups in total. The van der Waals surface area contributed by atoms with Gasteiger partial charge in [0.05, 0.1) is 12.6 Å². The van der Waals surface area contributed by atoms with Gasteiger partial charge in [0.25, 0.3) is 0 Å². The van der Waals surface area contributed by atoms with Gasteiger partial charge in [-0.2, -0.15) is 0 Å². The van der Waals surface area contributed by atoms with Crippen LogP contribution in [-0.4, -0.2) is 36.5 Å². The number of ether oxygens (including phenoxy) is 1. The Morgan fingerprint density at radius 3 is 2.88 bits per heavy atom. The Morgan fingerprint density at radius 2 is 2.12 bits per heavy atom. The maximum absolute atomic E-state index is 12.7. The minimum Gasteiger partial charge on any atom is -0.493 e. The second kappa shape index (κ2) is 7.33. The number of aryl methyl sites for hydroxylation is 2. The number of amides is 3. The number of likely N-dealkylation sites (tertiary alicyclic amines) is 1. The van der Waals surface area contributed by atoms with Crippen LogP contribution in [0.25, 0.3) is 0 Å². The van der Waals surface area contributed by atoms with Crippen molar-refractivity contribution in [3.63, 3.8) is 0 Å². The van der Waals surface area contributed by atoms with Gasteiger partial charge in [-0.25, -0.2) is 4.79 Å². The molecule has 0 radical (unpaired) electrons. The summed E-state index contributed by atoms with van der Waals surface area (Å²) in [6.45, 7) is 6.02. The van der Waals surface area contributed by atoms with E-state index in [0.29, 0.717) is 19.6 Å². The molecule has 25 heavy (non-hydrogen) atoms. The van der Waals surface area contributed by atoms with Crippen LogP contribution in [0.2, 0.25) is 0 Å². The Morgan fingerprint density at radius 1 is 1.32 bits per heavy atom. The average molecular weight is 345 g/mol. The molecule has 3 rings (SSSR count). The van der Waals surface area contributed by atoms with Crippen molar-refractivity contribution in [3.05, 3.63) is 28.8 Å². The first-order valence-electron chi connectivity index (χ1n) is 9.01. The largest absolute Gasteiger partial charge is 0.493 e. The Kier molecular flexibility index (Phi) is 5.16. The van der Waals surface area contributed by atoms with Gasteiger partial charge >= 0.3 is 6.03 Å². The lowest BCUT2D eigenvalue weighted by Crippen LogP contribution is -2.47. The molecule has 1 aromatic carbocycles. The average Bonchev–Trinajstić information content (AvgIpc) is 2.55. The van der Waals surface area contributed by atoms with E-state index < -0.39 is 0 Å². The van der Waals surface area contributed by atoms with Gasteiger partial charge < -0.3 is 20.7 Å². The van der Waals surface area contributed by atoms with Gasteiger partial charge in [-0.15, -0.1) is 0 Å². The summed E-state index contributed by atoms with van der Waals surface area (Å²) in [4.78, 5) is 25.7. The number of nitrogens with two attached hydrogens (primary N) is 1. The van der Waals surface area contributed by atoms with E-state index in [0.717, 1.165) is 42.7 Å². The normalized spacial score (nSPS) is 22.7. The molecular formula is C19H27N3O3. The number of piperidine rings is 1. The molecule has 3 amide bonds. The summed E-state index contributed by atoms with van der Waals surface area (Å²) in [6, 6.07) is 4.10. The summed E-state index contributed by atoms with van der Waals surface area (Å²) in [6.07, 6.45) is 2.97. The zero-order valence-corrected chi connectivity index (χ0v) is 15.0. The number of hydrogen-bond donors (Lipinski definition) is 2. The third-order valence-corrected chi connectivity index (χ3v) is 5.07. The number of carbonyl (C=O) groups is 2. The molecule has 2 aliphatic heterocycles. The van der Waals surface area contributed by atoms with Gasteiger partial charge in [0.15, 0.2) is 0 Å². The van der Waals surface area contributed by atoms with Crippen molar-refractivity contribution >= 4 is 11.9 Å². The standard InChI is InChI=1S/C19H27N3O3/c1-12-8-13(2)18-15(9-12)16(5-7-25-18)21-19(24)22-6-3-4-14(11-22)10-17(20)23/h8-9,14,16H,3-7,10-11H2,1-2H3,(H2,20,23)(H,21,24)/t14-,16-/m0/s1. The zero-order valence-electron chi connectivity index (χ0n) is 15.0. The minimum absolute atomic E-state index is 0.0358. The Labute approximate surface area is 148 Å². The Bertz CT molecular complexity index is 674. The lowest BCUT2D eigenvalue weighted by Gasteiger charge is -2.35. The number of urea groups is 1. The van der Waals surface area contributed by atoms with Gasteiger partial charge in [0.1, 0.15) is 5.75 Å². The number of nitrogens with one attached hydrogen (secondary N) is 1. The fourth-order valence-corrected chi connectivity index (χ4v) is 3.97. The molecule has 6 heteroatoms. The van der Waals surface area contributed by atoms with Crippen LogP contribution in [0.4, 0.5) is 4.79 Å². The molecule has 0 aliphatic carbocycles. The number of rotatable bonds is 3. The summed E-state index contributed by atoms with van der Waals surface area (Å²) in [5.74, 6) is 0.771. The van der Waals surface area contributed by atoms with E-state index in [1.807, 2.05) is 11.8 Å². The van der Waals surface area contributed by atoms with E-state index in [1.165, 1.54) is 5.56 Å². The fourth-order valence-electron chi connectivity index (χ4n) is 3.97. The molecule has 1 saturated heterocycles. The molecule has 0 bridgehead atoms. The van der Waals surface area contributed by atoms with Gasteiger partial charge in [0, 0.05) is 31.5 Å². The second-order valence-corrected chi connectivity index (χ2v) is 7.26. The number of nitrogens with zero attached hydrogens (tertiary/aromatic N) is 1. The Balaban J connectivity index is 1.69. The lowest BCUT2D eigenvalue weighted by molar-refractivity contribution is -0.119. The van der Waals surface area contributed by atoms with Crippen LogP contribution in [0.5, 0.6) is 5.75 Å². The van der Waals surface area contributed by atoms with Crippen LogP contribution in [0.1, 0.15) is 48.4 Å². The first-order valence-corrected chi connectivity index (χ1v) is 9.01. The highest BCUT2D eigenvalue weighted by atomic mass is 16.5. The monoisotopic (exact) mass is 345 g/mol. The molecule has 0 saturated carbocycles.